The van der Waals surface area contributed by atoms with Gasteiger partial charge in [0.1, 0.15) is 10.6 Å². The van der Waals surface area contributed by atoms with E-state index in [9.17, 15) is 14.7 Å². The molecular formula is C12H14N2O4S. The molecule has 2 fully saturated rings. The maximum Gasteiger partial charge on any atom is 0.338 e. The number of thiophene rings is 1. The second kappa shape index (κ2) is 4.21. The number of hydrogen-bond donors (Lipinski definition) is 3. The minimum absolute atomic E-state index is 0.0938. The summed E-state index contributed by atoms with van der Waals surface area (Å²) in [5.74, 6) is -0.734. The predicted molar refractivity (Wildman–Crippen MR) is 69.5 cm³/mol. The third kappa shape index (κ3) is 2.19. The van der Waals surface area contributed by atoms with E-state index in [1.165, 1.54) is 22.3 Å². The van der Waals surface area contributed by atoms with Gasteiger partial charge in [-0.2, -0.15) is 0 Å². The fraction of sp³-hybridized carbons (Fsp3) is 0.500. The van der Waals surface area contributed by atoms with Crippen molar-refractivity contribution in [2.24, 2.45) is 5.92 Å². The van der Waals surface area contributed by atoms with Crippen molar-refractivity contribution in [2.75, 3.05) is 18.4 Å². The Morgan fingerprint density at radius 3 is 2.68 bits per heavy atom. The molecule has 2 amide bonds. The molecule has 1 saturated heterocycles. The number of aromatic carboxylic acids is 1. The molecule has 6 nitrogen and oxygen atoms in total. The number of aliphatic hydroxyl groups is 1. The lowest BCUT2D eigenvalue weighted by Crippen LogP contribution is -2.65. The highest BCUT2D eigenvalue weighted by atomic mass is 32.1. The summed E-state index contributed by atoms with van der Waals surface area (Å²) in [5.41, 5.74) is -0.626. The molecule has 2 aliphatic rings. The highest BCUT2D eigenvalue weighted by molar-refractivity contribution is 7.14. The van der Waals surface area contributed by atoms with E-state index >= 15 is 0 Å². The van der Waals surface area contributed by atoms with Crippen LogP contribution in [0.1, 0.15) is 23.2 Å². The van der Waals surface area contributed by atoms with Gasteiger partial charge in [-0.25, -0.2) is 9.59 Å². The van der Waals surface area contributed by atoms with Gasteiger partial charge in [-0.3, -0.25) is 5.32 Å². The number of hydrogen-bond acceptors (Lipinski definition) is 4. The number of carboxylic acid groups (broad SMARTS) is 1. The van der Waals surface area contributed by atoms with E-state index in [4.69, 9.17) is 5.11 Å². The largest absolute Gasteiger partial charge is 0.478 e. The van der Waals surface area contributed by atoms with Crippen LogP contribution in [0.5, 0.6) is 0 Å². The third-order valence-corrected chi connectivity index (χ3v) is 4.50. The first-order chi connectivity index (χ1) is 8.99. The molecule has 2 heterocycles. The van der Waals surface area contributed by atoms with Gasteiger partial charge in [0.2, 0.25) is 0 Å². The molecule has 3 N–H and O–H groups in total. The van der Waals surface area contributed by atoms with Gasteiger partial charge in [0.15, 0.2) is 0 Å². The lowest BCUT2D eigenvalue weighted by Gasteiger charge is -2.46. The van der Waals surface area contributed by atoms with Crippen LogP contribution in [0.3, 0.4) is 0 Å². The summed E-state index contributed by atoms with van der Waals surface area (Å²) in [6.07, 6.45) is 2.06. The first kappa shape index (κ1) is 12.4. The molecule has 1 aliphatic heterocycles. The van der Waals surface area contributed by atoms with E-state index in [0.717, 1.165) is 12.8 Å². The summed E-state index contributed by atoms with van der Waals surface area (Å²) in [6, 6.07) is 1.11. The molecule has 1 aromatic heterocycles. The molecule has 19 heavy (non-hydrogen) atoms. The molecule has 0 spiro atoms. The summed E-state index contributed by atoms with van der Waals surface area (Å²) < 4.78 is 0. The Morgan fingerprint density at radius 1 is 1.42 bits per heavy atom. The Hall–Kier alpha value is -1.60. The molecule has 0 radical (unpaired) electrons. The average Bonchev–Trinajstić information content (AvgIpc) is 3.06. The molecule has 7 heteroatoms. The molecule has 0 bridgehead atoms. The first-order valence-electron chi connectivity index (χ1n) is 6.09. The zero-order valence-electron chi connectivity index (χ0n) is 10.1. The normalized spacial score (nSPS) is 20.8. The lowest BCUT2D eigenvalue weighted by atomic mass is 9.89. The molecule has 0 unspecified atom stereocenters. The van der Waals surface area contributed by atoms with E-state index in [0.29, 0.717) is 24.0 Å². The van der Waals surface area contributed by atoms with Crippen LogP contribution >= 0.6 is 11.3 Å². The number of anilines is 1. The van der Waals surface area contributed by atoms with Crippen LogP contribution in [0.4, 0.5) is 9.80 Å². The molecule has 0 atom stereocenters. The molecule has 1 aromatic rings. The van der Waals surface area contributed by atoms with Crippen LogP contribution in [-0.4, -0.2) is 45.8 Å². The fourth-order valence-electron chi connectivity index (χ4n) is 2.39. The van der Waals surface area contributed by atoms with E-state index in [1.54, 1.807) is 5.38 Å². The molecule has 1 saturated carbocycles. The predicted octanol–water partition coefficient (Wildman–Crippen LogP) is 1.43. The first-order valence-corrected chi connectivity index (χ1v) is 6.97. The van der Waals surface area contributed by atoms with Crippen molar-refractivity contribution in [1.29, 1.82) is 0 Å². The highest BCUT2D eigenvalue weighted by Gasteiger charge is 2.53. The number of amides is 2. The molecule has 1 aliphatic carbocycles. The Kier molecular flexibility index (Phi) is 2.75. The Balaban J connectivity index is 1.60. The van der Waals surface area contributed by atoms with Crippen LogP contribution in [0.15, 0.2) is 11.4 Å². The number of nitrogens with zero attached hydrogens (tertiary/aromatic N) is 1. The highest BCUT2D eigenvalue weighted by Crippen LogP contribution is 2.44. The topological polar surface area (TPSA) is 89.9 Å². The zero-order chi connectivity index (χ0) is 13.6. The van der Waals surface area contributed by atoms with Gasteiger partial charge in [0, 0.05) is 0 Å². The van der Waals surface area contributed by atoms with Crippen molar-refractivity contribution >= 4 is 28.3 Å². The molecule has 3 rings (SSSR count). The monoisotopic (exact) mass is 282 g/mol. The van der Waals surface area contributed by atoms with Crippen molar-refractivity contribution in [1.82, 2.24) is 4.90 Å². The van der Waals surface area contributed by atoms with Gasteiger partial charge in [-0.05, 0) is 30.2 Å². The lowest BCUT2D eigenvalue weighted by molar-refractivity contribution is -0.0897. The number of carbonyl (C=O) groups is 2. The minimum Gasteiger partial charge on any atom is -0.478 e. The minimum atomic E-state index is -1.06. The summed E-state index contributed by atoms with van der Waals surface area (Å²) in [4.78, 5) is 24.3. The van der Waals surface area contributed by atoms with E-state index in [2.05, 4.69) is 5.32 Å². The van der Waals surface area contributed by atoms with Crippen LogP contribution < -0.4 is 5.32 Å². The summed E-state index contributed by atoms with van der Waals surface area (Å²) in [5, 5.41) is 23.6. The van der Waals surface area contributed by atoms with Gasteiger partial charge in [-0.1, -0.05) is 0 Å². The molecule has 102 valence electrons. The summed E-state index contributed by atoms with van der Waals surface area (Å²) in [7, 11) is 0. The van der Waals surface area contributed by atoms with Crippen molar-refractivity contribution in [3.8, 4) is 0 Å². The number of carboxylic acids is 1. The maximum atomic E-state index is 11.9. The van der Waals surface area contributed by atoms with Crippen LogP contribution in [0, 0.1) is 5.92 Å². The van der Waals surface area contributed by atoms with Gasteiger partial charge < -0.3 is 15.1 Å². The van der Waals surface area contributed by atoms with Crippen molar-refractivity contribution < 1.29 is 19.8 Å². The summed E-state index contributed by atoms with van der Waals surface area (Å²) >= 11 is 1.17. The Labute approximate surface area is 113 Å². The van der Waals surface area contributed by atoms with E-state index in [-0.39, 0.29) is 11.6 Å². The second-order valence-corrected chi connectivity index (χ2v) is 6.05. The van der Waals surface area contributed by atoms with Crippen LogP contribution in [0.25, 0.3) is 0 Å². The number of β-amino-alcohol motifs (C(OH)–C–C–N with tert-alkyl or cyclic N) is 1. The maximum absolute atomic E-state index is 11.9. The van der Waals surface area contributed by atoms with Crippen molar-refractivity contribution in [2.45, 2.75) is 18.4 Å². The third-order valence-electron chi connectivity index (χ3n) is 3.67. The Morgan fingerprint density at radius 2 is 2.11 bits per heavy atom. The SMILES string of the molecule is O=C(O)c1ccsc1NC(=O)N1CC(O)(C2CC2)C1. The van der Waals surface area contributed by atoms with Crippen molar-refractivity contribution in [3.63, 3.8) is 0 Å². The van der Waals surface area contributed by atoms with Gasteiger partial charge >= 0.3 is 12.0 Å². The number of rotatable bonds is 3. The van der Waals surface area contributed by atoms with Crippen LogP contribution in [0.2, 0.25) is 0 Å². The van der Waals surface area contributed by atoms with Gasteiger partial charge in [-0.15, -0.1) is 11.3 Å². The quantitative estimate of drug-likeness (QED) is 0.782. The summed E-state index contributed by atoms with van der Waals surface area (Å²) in [6.45, 7) is 0.661. The van der Waals surface area contributed by atoms with Gasteiger partial charge in [0.25, 0.3) is 0 Å². The standard InChI is InChI=1S/C12H14N2O4S/c15-10(16)8-3-4-19-9(8)13-11(17)14-5-12(18,6-14)7-1-2-7/h3-4,7,18H,1-2,5-6H2,(H,13,17)(H,15,16). The average molecular weight is 282 g/mol. The number of likely N-dealkylation sites (tertiary alicyclic amines) is 1. The number of nitrogens with one attached hydrogen (secondary N) is 1. The number of carbonyl (C=O) groups excluding carboxylic acids is 1. The molecular weight excluding hydrogens is 268 g/mol. The van der Waals surface area contributed by atoms with E-state index in [1.807, 2.05) is 0 Å². The van der Waals surface area contributed by atoms with E-state index < -0.39 is 11.6 Å². The zero-order valence-corrected chi connectivity index (χ0v) is 10.9. The smallest absolute Gasteiger partial charge is 0.338 e. The molecule has 0 aromatic carbocycles. The fourth-order valence-corrected chi connectivity index (χ4v) is 3.16. The van der Waals surface area contributed by atoms with Crippen LogP contribution in [-0.2, 0) is 0 Å². The van der Waals surface area contributed by atoms with Gasteiger partial charge in [0.05, 0.1) is 18.7 Å². The second-order valence-electron chi connectivity index (χ2n) is 5.13. The Bertz CT molecular complexity index is 532. The van der Waals surface area contributed by atoms with Crippen molar-refractivity contribution in [3.05, 3.63) is 17.0 Å². The number of urea groups is 1.